The van der Waals surface area contributed by atoms with Crippen LogP contribution in [0.3, 0.4) is 0 Å². The molecule has 128 valence electrons. The van der Waals surface area contributed by atoms with Gasteiger partial charge in [0, 0.05) is 22.9 Å². The molecule has 1 aliphatic rings. The van der Waals surface area contributed by atoms with E-state index in [0.717, 1.165) is 23.3 Å². The monoisotopic (exact) mass is 352 g/mol. The van der Waals surface area contributed by atoms with E-state index in [0.29, 0.717) is 12.2 Å². The smallest absolute Gasteiger partial charge is 0.153 e. The second-order valence-corrected chi connectivity index (χ2v) is 7.51. The molecule has 1 heterocycles. The predicted molar refractivity (Wildman–Crippen MR) is 102 cm³/mol. The highest BCUT2D eigenvalue weighted by Crippen LogP contribution is 2.33. The topological polar surface area (TPSA) is 41.6 Å². The number of carbonyl (C=O) groups is 1. The van der Waals surface area contributed by atoms with Gasteiger partial charge in [0.25, 0.3) is 0 Å². The lowest BCUT2D eigenvalue weighted by Gasteiger charge is -2.16. The summed E-state index contributed by atoms with van der Waals surface area (Å²) in [6, 6.07) is 18.2. The number of benzene rings is 2. The standard InChI is InChI=1S/C20H20N2O2S/c1-16(13-23)12-18-15-25(22(2)21-18)20-10-8-19(9-11-20)24-14-17-6-4-3-5-7-17/h3-11,13,15,21H,14H2,1-2H3. The number of ether oxygens (including phenoxy) is 1. The zero-order valence-corrected chi connectivity index (χ0v) is 15.0. The van der Waals surface area contributed by atoms with E-state index in [2.05, 4.69) is 28.7 Å². The van der Waals surface area contributed by atoms with Crippen molar-refractivity contribution in [3.63, 3.8) is 0 Å². The first-order valence-electron chi connectivity index (χ1n) is 7.93. The SMILES string of the molecule is CC(=C=C1C=S(c2ccc(OCc3ccccc3)cc2)N(C)N1)C=O. The van der Waals surface area contributed by atoms with Crippen molar-refractivity contribution in [3.05, 3.63) is 77.2 Å². The van der Waals surface area contributed by atoms with Crippen LogP contribution in [0.15, 0.2) is 76.5 Å². The van der Waals surface area contributed by atoms with E-state index in [1.54, 1.807) is 6.92 Å². The highest BCUT2D eigenvalue weighted by Gasteiger charge is 2.15. The Bertz CT molecular complexity index is 851. The molecule has 0 bridgehead atoms. The van der Waals surface area contributed by atoms with E-state index in [9.17, 15) is 4.79 Å². The van der Waals surface area contributed by atoms with Crippen LogP contribution in [0.4, 0.5) is 0 Å². The average Bonchev–Trinajstić information content (AvgIpc) is 3.01. The van der Waals surface area contributed by atoms with Gasteiger partial charge in [0.1, 0.15) is 18.1 Å². The fraction of sp³-hybridized carbons (Fsp3) is 0.150. The van der Waals surface area contributed by atoms with Crippen molar-refractivity contribution >= 4 is 22.3 Å². The van der Waals surface area contributed by atoms with Gasteiger partial charge in [0.05, 0.1) is 0 Å². The average molecular weight is 352 g/mol. The van der Waals surface area contributed by atoms with Crippen LogP contribution in [0.25, 0.3) is 0 Å². The number of hydrogen-bond donors (Lipinski definition) is 1. The fourth-order valence-corrected chi connectivity index (χ4v) is 3.93. The van der Waals surface area contributed by atoms with Gasteiger partial charge in [-0.2, -0.15) is 4.41 Å². The summed E-state index contributed by atoms with van der Waals surface area (Å²) >= 11 is 0. The normalized spacial score (nSPS) is 16.6. The third-order valence-corrected chi connectivity index (χ3v) is 5.52. The summed E-state index contributed by atoms with van der Waals surface area (Å²) in [5, 5.41) is 2.08. The Morgan fingerprint density at radius 3 is 2.60 bits per heavy atom. The molecule has 3 rings (SSSR count). The van der Waals surface area contributed by atoms with Gasteiger partial charge in [-0.15, -0.1) is 0 Å². The van der Waals surface area contributed by atoms with Crippen molar-refractivity contribution in [1.82, 2.24) is 9.84 Å². The Balaban J connectivity index is 1.73. The lowest BCUT2D eigenvalue weighted by Crippen LogP contribution is -2.22. The van der Waals surface area contributed by atoms with E-state index in [-0.39, 0.29) is 10.7 Å². The van der Waals surface area contributed by atoms with Crippen LogP contribution < -0.4 is 10.2 Å². The minimum absolute atomic E-state index is 0.219. The van der Waals surface area contributed by atoms with Gasteiger partial charge < -0.3 is 10.2 Å². The van der Waals surface area contributed by atoms with Gasteiger partial charge in [0.2, 0.25) is 0 Å². The van der Waals surface area contributed by atoms with Crippen molar-refractivity contribution in [2.24, 2.45) is 0 Å². The number of nitrogens with one attached hydrogen (secondary N) is 1. The van der Waals surface area contributed by atoms with Gasteiger partial charge in [-0.1, -0.05) is 46.7 Å². The molecule has 25 heavy (non-hydrogen) atoms. The first kappa shape index (κ1) is 17.2. The summed E-state index contributed by atoms with van der Waals surface area (Å²) in [7, 11) is 1.76. The molecule has 0 saturated heterocycles. The third-order valence-electron chi connectivity index (χ3n) is 3.62. The van der Waals surface area contributed by atoms with Gasteiger partial charge in [-0.25, -0.2) is 0 Å². The quantitative estimate of drug-likeness (QED) is 0.386. The summed E-state index contributed by atoms with van der Waals surface area (Å²) in [5.74, 6) is 0.846. The first-order chi connectivity index (χ1) is 12.2. The number of hydrogen-bond acceptors (Lipinski definition) is 4. The molecule has 1 aliphatic heterocycles. The Morgan fingerprint density at radius 2 is 1.92 bits per heavy atom. The summed E-state index contributed by atoms with van der Waals surface area (Å²) in [6.45, 7) is 2.30. The van der Waals surface area contributed by atoms with Crippen LogP contribution in [-0.2, 0) is 11.4 Å². The maximum atomic E-state index is 10.7. The van der Waals surface area contributed by atoms with E-state index >= 15 is 0 Å². The third kappa shape index (κ3) is 4.48. The van der Waals surface area contributed by atoms with Crippen molar-refractivity contribution in [2.75, 3.05) is 7.05 Å². The number of rotatable bonds is 5. The number of allylic oxidation sites excluding steroid dienone is 1. The van der Waals surface area contributed by atoms with Crippen LogP contribution in [0.2, 0.25) is 0 Å². The lowest BCUT2D eigenvalue weighted by molar-refractivity contribution is -0.104. The molecule has 0 aromatic heterocycles. The molecule has 1 N–H and O–H groups in total. The lowest BCUT2D eigenvalue weighted by atomic mass is 10.2. The van der Waals surface area contributed by atoms with E-state index in [4.69, 9.17) is 4.74 Å². The molecule has 0 radical (unpaired) electrons. The Hall–Kier alpha value is -2.59. The van der Waals surface area contributed by atoms with Gasteiger partial charge in [0.15, 0.2) is 6.29 Å². The number of aldehydes is 1. The van der Waals surface area contributed by atoms with E-state index < -0.39 is 0 Å². The molecule has 0 aliphatic carbocycles. The molecule has 5 heteroatoms. The second kappa shape index (κ2) is 7.99. The van der Waals surface area contributed by atoms with E-state index in [1.165, 1.54) is 4.90 Å². The first-order valence-corrected chi connectivity index (χ1v) is 9.18. The summed E-state index contributed by atoms with van der Waals surface area (Å²) in [5.41, 5.74) is 8.80. The van der Waals surface area contributed by atoms with Gasteiger partial charge in [-0.05, 0) is 36.8 Å². The zero-order chi connectivity index (χ0) is 17.6. The van der Waals surface area contributed by atoms with Gasteiger partial charge in [-0.3, -0.25) is 4.79 Å². The zero-order valence-electron chi connectivity index (χ0n) is 14.2. The minimum atomic E-state index is -0.219. The predicted octanol–water partition coefficient (Wildman–Crippen LogP) is 3.69. The Labute approximate surface area is 150 Å². The van der Waals surface area contributed by atoms with E-state index in [1.807, 2.05) is 53.9 Å². The molecule has 1 unspecified atom stereocenters. The number of nitrogens with zero attached hydrogens (tertiary/aromatic N) is 1. The second-order valence-electron chi connectivity index (χ2n) is 5.63. The molecule has 2 aromatic carbocycles. The molecular formula is C20H20N2O2S. The maximum absolute atomic E-state index is 10.7. The van der Waals surface area contributed by atoms with Crippen LogP contribution >= 0.6 is 10.7 Å². The number of hydrazine groups is 1. The van der Waals surface area contributed by atoms with Crippen molar-refractivity contribution in [3.8, 4) is 5.75 Å². The molecule has 0 amide bonds. The molecule has 0 saturated carbocycles. The van der Waals surface area contributed by atoms with Crippen molar-refractivity contribution in [1.29, 1.82) is 0 Å². The largest absolute Gasteiger partial charge is 0.489 e. The molecule has 1 atom stereocenters. The van der Waals surface area contributed by atoms with Crippen LogP contribution in [0.5, 0.6) is 5.75 Å². The van der Waals surface area contributed by atoms with Crippen LogP contribution in [0, 0.1) is 0 Å². The molecule has 4 nitrogen and oxygen atoms in total. The van der Waals surface area contributed by atoms with Crippen molar-refractivity contribution in [2.45, 2.75) is 18.4 Å². The minimum Gasteiger partial charge on any atom is -0.489 e. The Morgan fingerprint density at radius 1 is 1.20 bits per heavy atom. The highest BCUT2D eigenvalue weighted by molar-refractivity contribution is 8.13. The Kier molecular flexibility index (Phi) is 5.51. The van der Waals surface area contributed by atoms with Gasteiger partial charge >= 0.3 is 0 Å². The summed E-state index contributed by atoms with van der Waals surface area (Å²) in [6.07, 6.45) is 0.803. The van der Waals surface area contributed by atoms with Crippen LogP contribution in [-0.4, -0.2) is 23.1 Å². The fourth-order valence-electron chi connectivity index (χ4n) is 2.38. The highest BCUT2D eigenvalue weighted by atomic mass is 32.2. The summed E-state index contributed by atoms with van der Waals surface area (Å²) < 4.78 is 7.84. The maximum Gasteiger partial charge on any atom is 0.153 e. The molecule has 0 fully saturated rings. The molecular weight excluding hydrogens is 332 g/mol. The van der Waals surface area contributed by atoms with Crippen LogP contribution in [0.1, 0.15) is 12.5 Å². The molecule has 2 aromatic rings. The van der Waals surface area contributed by atoms with Crippen molar-refractivity contribution < 1.29 is 9.53 Å². The number of carbonyl (C=O) groups excluding carboxylic acids is 1. The molecule has 0 spiro atoms. The summed E-state index contributed by atoms with van der Waals surface area (Å²) in [4.78, 5) is 11.9.